The second-order valence-electron chi connectivity index (χ2n) is 6.12. The number of hydrogen-bond acceptors (Lipinski definition) is 3. The number of halogens is 3. The highest BCUT2D eigenvalue weighted by Crippen LogP contribution is 2.31. The van der Waals surface area contributed by atoms with Crippen molar-refractivity contribution in [2.75, 3.05) is 0 Å². The summed E-state index contributed by atoms with van der Waals surface area (Å²) in [4.78, 5) is 12.3. The van der Waals surface area contributed by atoms with Crippen LogP contribution < -0.4 is 5.43 Å². The summed E-state index contributed by atoms with van der Waals surface area (Å²) < 4.78 is 16.2. The minimum Gasteiger partial charge on any atom is -0.506 e. The van der Waals surface area contributed by atoms with E-state index in [1.54, 1.807) is 18.2 Å². The lowest BCUT2D eigenvalue weighted by Gasteiger charge is -2.09. The highest BCUT2D eigenvalue weighted by Gasteiger charge is 2.15. The molecule has 0 fully saturated rings. The van der Waals surface area contributed by atoms with Crippen LogP contribution in [0.4, 0.5) is 4.39 Å². The van der Waals surface area contributed by atoms with Gasteiger partial charge in [0.2, 0.25) is 0 Å². The van der Waals surface area contributed by atoms with E-state index in [9.17, 15) is 14.3 Å². The van der Waals surface area contributed by atoms with Crippen LogP contribution in [-0.2, 0) is 0 Å². The third-order valence-electron chi connectivity index (χ3n) is 4.20. The summed E-state index contributed by atoms with van der Waals surface area (Å²) in [6.07, 6.45) is 1.53. The summed E-state index contributed by atoms with van der Waals surface area (Å²) in [5.74, 6) is -0.994. The Morgan fingerprint density at radius 3 is 2.54 bits per heavy atom. The first-order chi connectivity index (χ1) is 13.3. The number of aromatic nitrogens is 1. The van der Waals surface area contributed by atoms with E-state index in [0.29, 0.717) is 8.95 Å². The van der Waals surface area contributed by atoms with Crippen molar-refractivity contribution in [2.24, 2.45) is 5.10 Å². The zero-order valence-electron chi connectivity index (χ0n) is 15.0. The van der Waals surface area contributed by atoms with Crippen molar-refractivity contribution in [2.45, 2.75) is 13.8 Å². The van der Waals surface area contributed by atoms with E-state index in [1.807, 2.05) is 24.5 Å². The van der Waals surface area contributed by atoms with E-state index >= 15 is 0 Å². The van der Waals surface area contributed by atoms with Gasteiger partial charge in [-0.15, -0.1) is 0 Å². The largest absolute Gasteiger partial charge is 0.506 e. The zero-order chi connectivity index (χ0) is 20.4. The predicted octanol–water partition coefficient (Wildman–Crippen LogP) is 5.23. The van der Waals surface area contributed by atoms with Gasteiger partial charge in [0.05, 0.1) is 16.3 Å². The molecular formula is C20H16Br2FN3O2. The third kappa shape index (κ3) is 4.18. The van der Waals surface area contributed by atoms with Gasteiger partial charge in [0.1, 0.15) is 11.6 Å². The molecule has 3 rings (SSSR count). The Morgan fingerprint density at radius 1 is 1.18 bits per heavy atom. The highest BCUT2D eigenvalue weighted by atomic mass is 79.9. The molecule has 0 radical (unpaired) electrons. The molecule has 0 spiro atoms. The number of aromatic hydroxyl groups is 1. The molecule has 28 heavy (non-hydrogen) atoms. The number of rotatable bonds is 4. The van der Waals surface area contributed by atoms with Crippen molar-refractivity contribution in [1.29, 1.82) is 0 Å². The molecule has 0 aliphatic carbocycles. The number of nitrogens with one attached hydrogen (secondary N) is 1. The van der Waals surface area contributed by atoms with Gasteiger partial charge in [-0.05, 0) is 72.2 Å². The molecule has 1 amide bonds. The van der Waals surface area contributed by atoms with E-state index in [4.69, 9.17) is 0 Å². The zero-order valence-corrected chi connectivity index (χ0v) is 18.2. The number of hydrazone groups is 1. The Balaban J connectivity index is 1.81. The molecule has 8 heteroatoms. The van der Waals surface area contributed by atoms with Gasteiger partial charge in [-0.25, -0.2) is 9.82 Å². The van der Waals surface area contributed by atoms with Crippen LogP contribution >= 0.6 is 31.9 Å². The third-order valence-corrected chi connectivity index (χ3v) is 5.26. The summed E-state index contributed by atoms with van der Waals surface area (Å²) >= 11 is 6.47. The van der Waals surface area contributed by atoms with Crippen LogP contribution in [-0.4, -0.2) is 21.8 Å². The molecule has 0 saturated heterocycles. The molecule has 0 atom stereocenters. The van der Waals surface area contributed by atoms with Crippen molar-refractivity contribution in [3.63, 3.8) is 0 Å². The fourth-order valence-corrected chi connectivity index (χ4v) is 4.09. The number of nitrogens with zero attached hydrogens (tertiary/aromatic N) is 2. The fourth-order valence-electron chi connectivity index (χ4n) is 2.87. The van der Waals surface area contributed by atoms with E-state index in [0.717, 1.165) is 22.6 Å². The molecule has 0 aliphatic heterocycles. The number of amides is 1. The number of phenolic OH excluding ortho intramolecular Hbond substituents is 1. The van der Waals surface area contributed by atoms with Crippen molar-refractivity contribution < 1.29 is 14.3 Å². The van der Waals surface area contributed by atoms with Crippen LogP contribution in [0.25, 0.3) is 5.69 Å². The Labute approximate surface area is 178 Å². The molecule has 0 aliphatic rings. The van der Waals surface area contributed by atoms with E-state index in [2.05, 4.69) is 42.4 Å². The Bertz CT molecular complexity index is 1080. The average molecular weight is 509 g/mol. The standard InChI is InChI=1S/C20H16Br2FN3O2/c1-11-7-13(12(2)26(11)16-5-3-15(23)4-6-16)10-24-25-20(28)17-8-14(21)9-18(22)19(17)27/h3-10,27H,1-2H3,(H,25,28)/b24-10-. The van der Waals surface area contributed by atoms with Gasteiger partial charge >= 0.3 is 0 Å². The normalized spacial score (nSPS) is 11.2. The second-order valence-corrected chi connectivity index (χ2v) is 7.89. The molecule has 0 bridgehead atoms. The molecule has 144 valence electrons. The van der Waals surface area contributed by atoms with Crippen LogP contribution in [0.5, 0.6) is 5.75 Å². The topological polar surface area (TPSA) is 66.6 Å². The molecule has 0 unspecified atom stereocenters. The summed E-state index contributed by atoms with van der Waals surface area (Å²) in [6, 6.07) is 11.3. The number of aryl methyl sites for hydroxylation is 1. The Morgan fingerprint density at radius 2 is 1.86 bits per heavy atom. The number of hydrogen-bond donors (Lipinski definition) is 2. The lowest BCUT2D eigenvalue weighted by molar-refractivity contribution is 0.0952. The molecule has 3 aromatic rings. The van der Waals surface area contributed by atoms with Crippen LogP contribution in [0.15, 0.2) is 56.5 Å². The van der Waals surface area contributed by atoms with Gasteiger partial charge in [-0.1, -0.05) is 15.9 Å². The van der Waals surface area contributed by atoms with Crippen molar-refractivity contribution >= 4 is 44.0 Å². The number of phenols is 1. The van der Waals surface area contributed by atoms with Crippen LogP contribution in [0.1, 0.15) is 27.3 Å². The maximum Gasteiger partial charge on any atom is 0.275 e. The molecule has 1 heterocycles. The van der Waals surface area contributed by atoms with Gasteiger partial charge in [-0.3, -0.25) is 4.79 Å². The van der Waals surface area contributed by atoms with Crippen molar-refractivity contribution in [1.82, 2.24) is 9.99 Å². The highest BCUT2D eigenvalue weighted by molar-refractivity contribution is 9.11. The quantitative estimate of drug-likeness (QED) is 0.374. The van der Waals surface area contributed by atoms with Crippen LogP contribution in [0.2, 0.25) is 0 Å². The average Bonchev–Trinajstić information content (AvgIpc) is 2.92. The first-order valence-corrected chi connectivity index (χ1v) is 9.83. The van der Waals surface area contributed by atoms with Crippen molar-refractivity contribution in [3.05, 3.63) is 79.7 Å². The van der Waals surface area contributed by atoms with Gasteiger partial charge < -0.3 is 9.67 Å². The van der Waals surface area contributed by atoms with E-state index in [-0.39, 0.29) is 17.1 Å². The Hall–Kier alpha value is -2.45. The molecule has 1 aromatic heterocycles. The molecule has 2 N–H and O–H groups in total. The van der Waals surface area contributed by atoms with E-state index in [1.165, 1.54) is 24.4 Å². The molecular weight excluding hydrogens is 493 g/mol. The summed E-state index contributed by atoms with van der Waals surface area (Å²) in [5, 5.41) is 14.0. The summed E-state index contributed by atoms with van der Waals surface area (Å²) in [7, 11) is 0. The second kappa shape index (κ2) is 8.28. The van der Waals surface area contributed by atoms with Crippen molar-refractivity contribution in [3.8, 4) is 11.4 Å². The maximum atomic E-state index is 13.2. The number of carbonyl (C=O) groups is 1. The lowest BCUT2D eigenvalue weighted by Crippen LogP contribution is -2.18. The van der Waals surface area contributed by atoms with Gasteiger partial charge in [0.15, 0.2) is 0 Å². The number of benzene rings is 2. The minimum atomic E-state index is -0.539. The van der Waals surface area contributed by atoms with Gasteiger partial charge in [0.25, 0.3) is 5.91 Å². The van der Waals surface area contributed by atoms with Crippen LogP contribution in [0.3, 0.4) is 0 Å². The van der Waals surface area contributed by atoms with Gasteiger partial charge in [-0.2, -0.15) is 5.10 Å². The fraction of sp³-hybridized carbons (Fsp3) is 0.100. The Kier molecular flexibility index (Phi) is 6.00. The smallest absolute Gasteiger partial charge is 0.275 e. The van der Waals surface area contributed by atoms with Gasteiger partial charge in [0, 0.05) is 27.1 Å². The predicted molar refractivity (Wildman–Crippen MR) is 114 cm³/mol. The van der Waals surface area contributed by atoms with Crippen LogP contribution in [0, 0.1) is 19.7 Å². The van der Waals surface area contributed by atoms with E-state index < -0.39 is 5.91 Å². The lowest BCUT2D eigenvalue weighted by atomic mass is 10.2. The summed E-state index contributed by atoms with van der Waals surface area (Å²) in [6.45, 7) is 3.85. The molecule has 2 aromatic carbocycles. The minimum absolute atomic E-state index is 0.0928. The first-order valence-electron chi connectivity index (χ1n) is 8.24. The first kappa shape index (κ1) is 20.3. The monoisotopic (exact) mass is 507 g/mol. The molecule has 5 nitrogen and oxygen atoms in total. The summed E-state index contributed by atoms with van der Waals surface area (Å²) in [5.41, 5.74) is 6.00. The maximum absolute atomic E-state index is 13.2. The molecule has 0 saturated carbocycles. The number of carbonyl (C=O) groups excluding carboxylic acids is 1. The SMILES string of the molecule is Cc1cc(/C=N\NC(=O)c2cc(Br)cc(Br)c2O)c(C)n1-c1ccc(F)cc1.